The van der Waals surface area contributed by atoms with Gasteiger partial charge < -0.3 is 4.98 Å². The number of fused-ring (bicyclic) bond motifs is 1. The maximum atomic E-state index is 13.6. The van der Waals surface area contributed by atoms with Crippen molar-refractivity contribution in [2.75, 3.05) is 0 Å². The van der Waals surface area contributed by atoms with E-state index in [0.29, 0.717) is 10.9 Å². The summed E-state index contributed by atoms with van der Waals surface area (Å²) in [6.07, 6.45) is 2.42. The molecule has 0 aliphatic heterocycles. The zero-order chi connectivity index (χ0) is 11.0. The van der Waals surface area contributed by atoms with E-state index in [9.17, 15) is 4.39 Å². The van der Waals surface area contributed by atoms with Crippen molar-refractivity contribution in [2.45, 2.75) is 20.3 Å². The molecule has 0 bridgehead atoms. The molecule has 1 heterocycles. The highest BCUT2D eigenvalue weighted by Crippen LogP contribution is 2.26. The zero-order valence-electron chi connectivity index (χ0n) is 8.77. The molecule has 0 unspecified atom stereocenters. The van der Waals surface area contributed by atoms with Gasteiger partial charge in [-0.05, 0) is 30.0 Å². The van der Waals surface area contributed by atoms with Crippen LogP contribution in [0.3, 0.4) is 0 Å². The van der Waals surface area contributed by atoms with Gasteiger partial charge in [-0.1, -0.05) is 25.4 Å². The van der Waals surface area contributed by atoms with Crippen molar-refractivity contribution < 1.29 is 4.39 Å². The van der Waals surface area contributed by atoms with Gasteiger partial charge in [0.25, 0.3) is 0 Å². The highest BCUT2D eigenvalue weighted by molar-refractivity contribution is 6.35. The minimum atomic E-state index is -0.158. The molecule has 0 atom stereocenters. The number of hydrogen-bond donors (Lipinski definition) is 1. The second-order valence-corrected chi connectivity index (χ2v) is 4.63. The summed E-state index contributed by atoms with van der Waals surface area (Å²) in [5.74, 6) is 0.282. The molecular formula is C12H13ClFN. The van der Waals surface area contributed by atoms with Crippen LogP contribution in [0.1, 0.15) is 19.4 Å². The normalized spacial score (nSPS) is 11.5. The fraction of sp³-hybridized carbons (Fsp3) is 0.333. The molecule has 0 aliphatic carbocycles. The first kappa shape index (κ1) is 10.5. The summed E-state index contributed by atoms with van der Waals surface area (Å²) in [5, 5.41) is 1.55. The van der Waals surface area contributed by atoms with Crippen molar-refractivity contribution in [1.82, 2.24) is 4.98 Å². The van der Waals surface area contributed by atoms with Gasteiger partial charge in [0.2, 0.25) is 0 Å². The summed E-state index contributed by atoms with van der Waals surface area (Å²) in [5.41, 5.74) is 1.49. The largest absolute Gasteiger partial charge is 0.360 e. The molecule has 2 aromatic rings. The maximum absolute atomic E-state index is 13.6. The highest BCUT2D eigenvalue weighted by Gasteiger charge is 2.09. The van der Waals surface area contributed by atoms with Crippen LogP contribution in [-0.2, 0) is 6.42 Å². The van der Waals surface area contributed by atoms with Gasteiger partial charge in [0.15, 0.2) is 0 Å². The Morgan fingerprint density at radius 1 is 1.40 bits per heavy atom. The smallest absolute Gasteiger partial charge is 0.128 e. The van der Waals surface area contributed by atoms with E-state index in [1.165, 1.54) is 6.07 Å². The lowest BCUT2D eigenvalue weighted by Crippen LogP contribution is -1.97. The van der Waals surface area contributed by atoms with Gasteiger partial charge in [-0.15, -0.1) is 0 Å². The molecular weight excluding hydrogens is 213 g/mol. The molecule has 3 heteroatoms. The number of hydrogen-bond acceptors (Lipinski definition) is 0. The monoisotopic (exact) mass is 225 g/mol. The predicted octanol–water partition coefficient (Wildman–Crippen LogP) is 4.16. The van der Waals surface area contributed by atoms with Gasteiger partial charge in [-0.25, -0.2) is 4.39 Å². The van der Waals surface area contributed by atoms with Gasteiger partial charge in [0, 0.05) is 17.1 Å². The van der Waals surface area contributed by atoms with Crippen LogP contribution < -0.4 is 0 Å². The molecule has 1 aromatic heterocycles. The van der Waals surface area contributed by atoms with Crippen molar-refractivity contribution in [3.05, 3.63) is 34.7 Å². The lowest BCUT2D eigenvalue weighted by atomic mass is 10.0. The van der Waals surface area contributed by atoms with Crippen LogP contribution in [0, 0.1) is 11.7 Å². The minimum absolute atomic E-state index is 0.158. The zero-order valence-corrected chi connectivity index (χ0v) is 9.53. The minimum Gasteiger partial charge on any atom is -0.360 e. The van der Waals surface area contributed by atoms with Crippen molar-refractivity contribution in [3.63, 3.8) is 0 Å². The van der Waals surface area contributed by atoms with Crippen LogP contribution in [0.4, 0.5) is 4.39 Å². The Morgan fingerprint density at radius 2 is 2.13 bits per heavy atom. The molecule has 0 saturated heterocycles. The molecule has 2 rings (SSSR count). The van der Waals surface area contributed by atoms with Crippen molar-refractivity contribution >= 4 is 22.5 Å². The number of aromatic nitrogens is 1. The van der Waals surface area contributed by atoms with E-state index < -0.39 is 0 Å². The van der Waals surface area contributed by atoms with E-state index in [-0.39, 0.29) is 5.82 Å². The lowest BCUT2D eigenvalue weighted by molar-refractivity contribution is 0.575. The Hall–Kier alpha value is -1.02. The Labute approximate surface area is 93.3 Å². The summed E-state index contributed by atoms with van der Waals surface area (Å²) in [7, 11) is 0. The van der Waals surface area contributed by atoms with E-state index in [4.69, 9.17) is 11.6 Å². The SMILES string of the molecule is CC(C)Cc1cc2c(Cl)c[nH]c2cc1F. The lowest BCUT2D eigenvalue weighted by Gasteiger charge is -2.06. The van der Waals surface area contributed by atoms with E-state index >= 15 is 0 Å². The molecule has 0 amide bonds. The summed E-state index contributed by atoms with van der Waals surface area (Å²) in [6.45, 7) is 4.14. The second kappa shape index (κ2) is 3.86. The van der Waals surface area contributed by atoms with Crippen LogP contribution >= 0.6 is 11.6 Å². The van der Waals surface area contributed by atoms with Crippen molar-refractivity contribution in [2.24, 2.45) is 5.92 Å². The second-order valence-electron chi connectivity index (χ2n) is 4.22. The number of nitrogens with one attached hydrogen (secondary N) is 1. The molecule has 0 spiro atoms. The van der Waals surface area contributed by atoms with Gasteiger partial charge in [-0.2, -0.15) is 0 Å². The molecule has 15 heavy (non-hydrogen) atoms. The van der Waals surface area contributed by atoms with E-state index in [0.717, 1.165) is 22.9 Å². The fourth-order valence-electron chi connectivity index (χ4n) is 1.75. The average Bonchev–Trinajstić information content (AvgIpc) is 2.48. The van der Waals surface area contributed by atoms with Crippen LogP contribution in [0.2, 0.25) is 5.02 Å². The number of H-pyrrole nitrogens is 1. The number of halogens is 2. The Kier molecular flexibility index (Phi) is 2.70. The summed E-state index contributed by atoms with van der Waals surface area (Å²) < 4.78 is 13.6. The van der Waals surface area contributed by atoms with Crippen LogP contribution in [0.15, 0.2) is 18.3 Å². The molecule has 1 N–H and O–H groups in total. The summed E-state index contributed by atoms with van der Waals surface area (Å²) >= 11 is 5.98. The van der Waals surface area contributed by atoms with Crippen LogP contribution in [0.5, 0.6) is 0 Å². The molecule has 1 nitrogen and oxygen atoms in total. The first-order valence-corrected chi connectivity index (χ1v) is 5.40. The van der Waals surface area contributed by atoms with Gasteiger partial charge in [-0.3, -0.25) is 0 Å². The molecule has 0 radical (unpaired) electrons. The first-order valence-electron chi connectivity index (χ1n) is 5.03. The topological polar surface area (TPSA) is 15.8 Å². The molecule has 1 aromatic carbocycles. The molecule has 0 aliphatic rings. The average molecular weight is 226 g/mol. The summed E-state index contributed by atoms with van der Waals surface area (Å²) in [6, 6.07) is 3.35. The molecule has 0 fully saturated rings. The van der Waals surface area contributed by atoms with Crippen molar-refractivity contribution in [3.8, 4) is 0 Å². The third-order valence-corrected chi connectivity index (χ3v) is 2.74. The van der Waals surface area contributed by atoms with E-state index in [1.54, 1.807) is 6.20 Å². The Morgan fingerprint density at radius 3 is 2.80 bits per heavy atom. The fourth-order valence-corrected chi connectivity index (χ4v) is 1.96. The number of benzene rings is 1. The van der Waals surface area contributed by atoms with Gasteiger partial charge in [0.1, 0.15) is 5.82 Å². The summed E-state index contributed by atoms with van der Waals surface area (Å²) in [4.78, 5) is 2.94. The number of rotatable bonds is 2. The molecule has 0 saturated carbocycles. The number of aromatic amines is 1. The van der Waals surface area contributed by atoms with Gasteiger partial charge in [0.05, 0.1) is 5.02 Å². The Balaban J connectivity index is 2.54. The van der Waals surface area contributed by atoms with E-state index in [1.807, 2.05) is 6.07 Å². The van der Waals surface area contributed by atoms with Crippen LogP contribution in [0.25, 0.3) is 10.9 Å². The standard InChI is InChI=1S/C12H13ClFN/c1-7(2)3-8-4-9-10(13)6-15-12(9)5-11(8)14/h4-7,15H,3H2,1-2H3. The highest BCUT2D eigenvalue weighted by atomic mass is 35.5. The van der Waals surface area contributed by atoms with E-state index in [2.05, 4.69) is 18.8 Å². The maximum Gasteiger partial charge on any atom is 0.128 e. The molecule has 80 valence electrons. The Bertz CT molecular complexity index is 488. The first-order chi connectivity index (χ1) is 7.08. The van der Waals surface area contributed by atoms with Gasteiger partial charge >= 0.3 is 0 Å². The third kappa shape index (κ3) is 2.00. The third-order valence-electron chi connectivity index (χ3n) is 2.43. The van der Waals surface area contributed by atoms with Crippen LogP contribution in [-0.4, -0.2) is 4.98 Å². The predicted molar refractivity (Wildman–Crippen MR) is 61.8 cm³/mol. The quantitative estimate of drug-likeness (QED) is 0.790. The van der Waals surface area contributed by atoms with Crippen molar-refractivity contribution in [1.29, 1.82) is 0 Å².